The molecule has 0 aliphatic carbocycles. The SMILES string of the molecule is CC(C)(C)OC(=O)NC(CO)CCC(Cc1ccccc1)c1ccccc1. The predicted octanol–water partition coefficient (Wildman–Crippen LogP) is 4.68. The van der Waals surface area contributed by atoms with Crippen LogP contribution < -0.4 is 5.32 Å². The molecule has 1 amide bonds. The van der Waals surface area contributed by atoms with E-state index in [0.717, 1.165) is 12.8 Å². The molecule has 0 aliphatic heterocycles. The third-order valence-electron chi connectivity index (χ3n) is 4.40. The van der Waals surface area contributed by atoms with Crippen molar-refractivity contribution in [1.82, 2.24) is 5.32 Å². The van der Waals surface area contributed by atoms with Gasteiger partial charge < -0.3 is 15.2 Å². The van der Waals surface area contributed by atoms with Crippen LogP contribution in [0.15, 0.2) is 60.7 Å². The molecule has 4 nitrogen and oxygen atoms in total. The quantitative estimate of drug-likeness (QED) is 0.710. The topological polar surface area (TPSA) is 58.6 Å². The zero-order chi connectivity index (χ0) is 19.7. The summed E-state index contributed by atoms with van der Waals surface area (Å²) in [6.07, 6.45) is 1.98. The molecule has 0 saturated carbocycles. The number of carbonyl (C=O) groups excluding carboxylic acids is 1. The van der Waals surface area contributed by atoms with E-state index >= 15 is 0 Å². The van der Waals surface area contributed by atoms with E-state index in [0.29, 0.717) is 12.3 Å². The van der Waals surface area contributed by atoms with E-state index in [1.807, 2.05) is 32.9 Å². The van der Waals surface area contributed by atoms with Crippen molar-refractivity contribution in [2.24, 2.45) is 0 Å². The monoisotopic (exact) mass is 369 g/mol. The van der Waals surface area contributed by atoms with Crippen molar-refractivity contribution in [2.45, 2.75) is 57.6 Å². The number of benzene rings is 2. The Bertz CT molecular complexity index is 680. The molecule has 2 rings (SSSR count). The van der Waals surface area contributed by atoms with Gasteiger partial charge in [-0.15, -0.1) is 0 Å². The fraction of sp³-hybridized carbons (Fsp3) is 0.435. The first-order chi connectivity index (χ1) is 12.9. The van der Waals surface area contributed by atoms with Gasteiger partial charge in [0.05, 0.1) is 12.6 Å². The number of hydrogen-bond donors (Lipinski definition) is 2. The van der Waals surface area contributed by atoms with Crippen LogP contribution >= 0.6 is 0 Å². The minimum absolute atomic E-state index is 0.105. The van der Waals surface area contributed by atoms with Crippen LogP contribution in [0.25, 0.3) is 0 Å². The van der Waals surface area contributed by atoms with Crippen molar-refractivity contribution in [2.75, 3.05) is 6.61 Å². The zero-order valence-electron chi connectivity index (χ0n) is 16.5. The fourth-order valence-electron chi connectivity index (χ4n) is 3.10. The van der Waals surface area contributed by atoms with E-state index in [9.17, 15) is 9.90 Å². The molecule has 2 atom stereocenters. The molecular weight excluding hydrogens is 338 g/mol. The highest BCUT2D eigenvalue weighted by atomic mass is 16.6. The summed E-state index contributed by atoms with van der Waals surface area (Å²) in [4.78, 5) is 12.0. The number of alkyl carbamates (subject to hydrolysis) is 1. The highest BCUT2D eigenvalue weighted by Gasteiger charge is 2.21. The molecule has 2 aromatic rings. The molecule has 0 fully saturated rings. The summed E-state index contributed by atoms with van der Waals surface area (Å²) >= 11 is 0. The number of amides is 1. The Balaban J connectivity index is 2.00. The molecule has 4 heteroatoms. The summed E-state index contributed by atoms with van der Waals surface area (Å²) in [6, 6.07) is 20.5. The van der Waals surface area contributed by atoms with Crippen LogP contribution in [-0.2, 0) is 11.2 Å². The second-order valence-electron chi connectivity index (χ2n) is 7.90. The molecule has 2 unspecified atom stereocenters. The number of carbonyl (C=O) groups is 1. The molecule has 2 aromatic carbocycles. The number of nitrogens with one attached hydrogen (secondary N) is 1. The van der Waals surface area contributed by atoms with Gasteiger partial charge in [-0.05, 0) is 57.1 Å². The molecular formula is C23H31NO3. The van der Waals surface area contributed by atoms with Crippen molar-refractivity contribution in [3.05, 3.63) is 71.8 Å². The van der Waals surface area contributed by atoms with Gasteiger partial charge in [0.25, 0.3) is 0 Å². The van der Waals surface area contributed by atoms with Crippen molar-refractivity contribution < 1.29 is 14.6 Å². The summed E-state index contributed by atoms with van der Waals surface area (Å²) in [6.45, 7) is 5.37. The van der Waals surface area contributed by atoms with Crippen LogP contribution in [-0.4, -0.2) is 29.4 Å². The molecule has 0 spiro atoms. The maximum Gasteiger partial charge on any atom is 0.407 e. The van der Waals surface area contributed by atoms with Crippen molar-refractivity contribution >= 4 is 6.09 Å². The average molecular weight is 370 g/mol. The Kier molecular flexibility index (Phi) is 7.86. The fourth-order valence-corrected chi connectivity index (χ4v) is 3.10. The largest absolute Gasteiger partial charge is 0.444 e. The van der Waals surface area contributed by atoms with Gasteiger partial charge in [-0.25, -0.2) is 4.79 Å². The second-order valence-corrected chi connectivity index (χ2v) is 7.90. The van der Waals surface area contributed by atoms with Crippen LogP contribution in [0.5, 0.6) is 0 Å². The summed E-state index contributed by atoms with van der Waals surface area (Å²) in [5.41, 5.74) is 2.01. The number of rotatable bonds is 8. The molecule has 0 heterocycles. The van der Waals surface area contributed by atoms with Crippen molar-refractivity contribution in [3.8, 4) is 0 Å². The lowest BCUT2D eigenvalue weighted by molar-refractivity contribution is 0.0477. The van der Waals surface area contributed by atoms with E-state index in [2.05, 4.69) is 53.8 Å². The second kappa shape index (κ2) is 10.1. The van der Waals surface area contributed by atoms with Gasteiger partial charge in [-0.2, -0.15) is 0 Å². The van der Waals surface area contributed by atoms with E-state index in [4.69, 9.17) is 4.74 Å². The zero-order valence-corrected chi connectivity index (χ0v) is 16.5. The highest BCUT2D eigenvalue weighted by molar-refractivity contribution is 5.68. The minimum Gasteiger partial charge on any atom is -0.444 e. The van der Waals surface area contributed by atoms with Crippen LogP contribution in [0, 0.1) is 0 Å². The van der Waals surface area contributed by atoms with Gasteiger partial charge >= 0.3 is 6.09 Å². The number of aliphatic hydroxyl groups is 1. The van der Waals surface area contributed by atoms with Gasteiger partial charge in [0.2, 0.25) is 0 Å². The van der Waals surface area contributed by atoms with E-state index in [1.54, 1.807) is 0 Å². The van der Waals surface area contributed by atoms with Crippen LogP contribution in [0.2, 0.25) is 0 Å². The molecule has 0 aliphatic rings. The average Bonchev–Trinajstić information content (AvgIpc) is 2.64. The van der Waals surface area contributed by atoms with Gasteiger partial charge in [-0.1, -0.05) is 60.7 Å². The Morgan fingerprint density at radius 1 is 1.00 bits per heavy atom. The Morgan fingerprint density at radius 3 is 2.15 bits per heavy atom. The lowest BCUT2D eigenvalue weighted by Crippen LogP contribution is -2.41. The Hall–Kier alpha value is -2.33. The first-order valence-corrected chi connectivity index (χ1v) is 9.56. The lowest BCUT2D eigenvalue weighted by atomic mass is 9.87. The van der Waals surface area contributed by atoms with Gasteiger partial charge in [-0.3, -0.25) is 0 Å². The van der Waals surface area contributed by atoms with E-state index in [1.165, 1.54) is 11.1 Å². The van der Waals surface area contributed by atoms with Crippen molar-refractivity contribution in [1.29, 1.82) is 0 Å². The smallest absolute Gasteiger partial charge is 0.407 e. The third kappa shape index (κ3) is 7.83. The Morgan fingerprint density at radius 2 is 1.59 bits per heavy atom. The molecule has 0 saturated heterocycles. The molecule has 0 radical (unpaired) electrons. The first-order valence-electron chi connectivity index (χ1n) is 9.56. The lowest BCUT2D eigenvalue weighted by Gasteiger charge is -2.24. The molecule has 0 bridgehead atoms. The third-order valence-corrected chi connectivity index (χ3v) is 4.40. The molecule has 27 heavy (non-hydrogen) atoms. The van der Waals surface area contributed by atoms with E-state index in [-0.39, 0.29) is 12.6 Å². The highest BCUT2D eigenvalue weighted by Crippen LogP contribution is 2.26. The maximum atomic E-state index is 12.0. The summed E-state index contributed by atoms with van der Waals surface area (Å²) in [5.74, 6) is 0.322. The van der Waals surface area contributed by atoms with Crippen molar-refractivity contribution in [3.63, 3.8) is 0 Å². The number of hydrogen-bond acceptors (Lipinski definition) is 3. The van der Waals surface area contributed by atoms with Crippen LogP contribution in [0.4, 0.5) is 4.79 Å². The number of ether oxygens (including phenoxy) is 1. The van der Waals surface area contributed by atoms with Gasteiger partial charge in [0, 0.05) is 0 Å². The Labute approximate surface area is 162 Å². The standard InChI is InChI=1S/C23H31NO3/c1-23(2,3)27-22(26)24-21(17-25)15-14-20(19-12-8-5-9-13-19)16-18-10-6-4-7-11-18/h4-13,20-21,25H,14-17H2,1-3H3,(H,24,26). The predicted molar refractivity (Wildman–Crippen MR) is 109 cm³/mol. The maximum absolute atomic E-state index is 12.0. The minimum atomic E-state index is -0.552. The molecule has 146 valence electrons. The van der Waals surface area contributed by atoms with Crippen LogP contribution in [0.3, 0.4) is 0 Å². The van der Waals surface area contributed by atoms with Crippen LogP contribution in [0.1, 0.15) is 50.7 Å². The first kappa shape index (κ1) is 21.0. The molecule has 0 aromatic heterocycles. The normalized spacial score (nSPS) is 13.6. The summed E-state index contributed by atoms with van der Waals surface area (Å²) < 4.78 is 5.30. The van der Waals surface area contributed by atoms with Gasteiger partial charge in [0.15, 0.2) is 0 Å². The van der Waals surface area contributed by atoms with Gasteiger partial charge in [0.1, 0.15) is 5.60 Å². The molecule has 2 N–H and O–H groups in total. The number of aliphatic hydroxyl groups excluding tert-OH is 1. The summed E-state index contributed by atoms with van der Waals surface area (Å²) in [5, 5.41) is 12.5. The summed E-state index contributed by atoms with van der Waals surface area (Å²) in [7, 11) is 0. The van der Waals surface area contributed by atoms with E-state index < -0.39 is 11.7 Å².